The van der Waals surface area contributed by atoms with E-state index in [1.165, 1.54) is 25.7 Å². The lowest BCUT2D eigenvalue weighted by molar-refractivity contribution is -0.143. The monoisotopic (exact) mass is 378 g/mol. The first kappa shape index (κ1) is 19.2. The Morgan fingerprint density at radius 1 is 0.778 bits per heavy atom. The number of hydrogen-bond acceptors (Lipinski definition) is 5. The molecule has 1 atom stereocenters. The molecule has 0 aromatic rings. The van der Waals surface area contributed by atoms with Gasteiger partial charge < -0.3 is 14.5 Å². The zero-order valence-electron chi connectivity index (χ0n) is 16.5. The summed E-state index contributed by atoms with van der Waals surface area (Å²) < 4.78 is 5.51. The van der Waals surface area contributed by atoms with Crippen LogP contribution in [0.5, 0.6) is 0 Å². The fourth-order valence-electron chi connectivity index (χ4n) is 5.00. The summed E-state index contributed by atoms with van der Waals surface area (Å²) in [5.74, 6) is 0.390. The molecule has 1 saturated carbocycles. The molecule has 4 rings (SSSR count). The quantitative estimate of drug-likeness (QED) is 0.709. The van der Waals surface area contributed by atoms with Crippen LogP contribution in [-0.4, -0.2) is 109 Å². The maximum Gasteiger partial charge on any atom is 0.251 e. The molecule has 3 heterocycles. The topological polar surface area (TPSA) is 56.3 Å². The fourth-order valence-corrected chi connectivity index (χ4v) is 5.00. The summed E-state index contributed by atoms with van der Waals surface area (Å²) in [6.07, 6.45) is 7.01. The van der Waals surface area contributed by atoms with E-state index in [0.717, 1.165) is 58.2 Å². The first-order valence-electron chi connectivity index (χ1n) is 10.9. The Kier molecular flexibility index (Phi) is 6.30. The number of carbonyl (C=O) groups is 2. The molecule has 0 aromatic heterocycles. The van der Waals surface area contributed by atoms with Crippen LogP contribution in [0.15, 0.2) is 0 Å². The predicted molar refractivity (Wildman–Crippen MR) is 102 cm³/mol. The van der Waals surface area contributed by atoms with E-state index in [4.69, 9.17) is 4.74 Å². The van der Waals surface area contributed by atoms with Crippen LogP contribution >= 0.6 is 0 Å². The second-order valence-corrected chi connectivity index (χ2v) is 8.46. The van der Waals surface area contributed by atoms with Crippen LogP contribution < -0.4 is 0 Å². The van der Waals surface area contributed by atoms with Gasteiger partial charge in [-0.05, 0) is 25.7 Å². The molecule has 152 valence electrons. The van der Waals surface area contributed by atoms with Gasteiger partial charge in [-0.15, -0.1) is 0 Å². The molecule has 3 aliphatic heterocycles. The van der Waals surface area contributed by atoms with Crippen molar-refractivity contribution < 1.29 is 14.3 Å². The molecule has 1 unspecified atom stereocenters. The van der Waals surface area contributed by atoms with Gasteiger partial charge in [0.15, 0.2) is 0 Å². The summed E-state index contributed by atoms with van der Waals surface area (Å²) in [7, 11) is 0. The lowest BCUT2D eigenvalue weighted by Gasteiger charge is -2.40. The van der Waals surface area contributed by atoms with Crippen LogP contribution in [0.4, 0.5) is 0 Å². The molecule has 0 radical (unpaired) electrons. The first-order valence-corrected chi connectivity index (χ1v) is 10.9. The summed E-state index contributed by atoms with van der Waals surface area (Å²) in [5, 5.41) is 0. The normalized spacial score (nSPS) is 28.8. The molecule has 0 bridgehead atoms. The highest BCUT2D eigenvalue weighted by molar-refractivity contribution is 5.81. The third-order valence-corrected chi connectivity index (χ3v) is 6.76. The highest BCUT2D eigenvalue weighted by Crippen LogP contribution is 2.24. The number of amides is 2. The molecule has 7 heteroatoms. The van der Waals surface area contributed by atoms with Crippen molar-refractivity contribution in [3.63, 3.8) is 0 Å². The summed E-state index contributed by atoms with van der Waals surface area (Å²) >= 11 is 0. The van der Waals surface area contributed by atoms with Gasteiger partial charge in [0.05, 0.1) is 6.54 Å². The number of nitrogens with zero attached hydrogens (tertiary/aromatic N) is 4. The maximum absolute atomic E-state index is 12.7. The van der Waals surface area contributed by atoms with Crippen molar-refractivity contribution in [3.05, 3.63) is 0 Å². The predicted octanol–water partition coefficient (Wildman–Crippen LogP) is 0.396. The van der Waals surface area contributed by atoms with Crippen LogP contribution in [-0.2, 0) is 14.3 Å². The SMILES string of the molecule is O=C(CN1CCN(C(=O)C2CCCO2)CC1)N1CCN(C2CCCC2)CC1. The summed E-state index contributed by atoms with van der Waals surface area (Å²) in [5.41, 5.74) is 0. The number of ether oxygens (including phenoxy) is 1. The van der Waals surface area contributed by atoms with Gasteiger partial charge in [0.25, 0.3) is 5.91 Å². The van der Waals surface area contributed by atoms with E-state index in [2.05, 4.69) is 9.80 Å². The maximum atomic E-state index is 12.7. The Hall–Kier alpha value is -1.18. The molecule has 7 nitrogen and oxygen atoms in total. The van der Waals surface area contributed by atoms with Crippen molar-refractivity contribution in [1.29, 1.82) is 0 Å². The van der Waals surface area contributed by atoms with Gasteiger partial charge in [0, 0.05) is 65.0 Å². The van der Waals surface area contributed by atoms with E-state index in [0.29, 0.717) is 26.2 Å². The first-order chi connectivity index (χ1) is 13.2. The van der Waals surface area contributed by atoms with Crippen molar-refractivity contribution in [3.8, 4) is 0 Å². The molecule has 4 fully saturated rings. The smallest absolute Gasteiger partial charge is 0.251 e. The molecule has 0 spiro atoms. The van der Waals surface area contributed by atoms with E-state index < -0.39 is 0 Å². The molecule has 2 amide bonds. The van der Waals surface area contributed by atoms with Gasteiger partial charge in [-0.25, -0.2) is 0 Å². The third-order valence-electron chi connectivity index (χ3n) is 6.76. The number of carbonyl (C=O) groups excluding carboxylic acids is 2. The number of hydrogen-bond donors (Lipinski definition) is 0. The minimum atomic E-state index is -0.227. The Morgan fingerprint density at radius 3 is 2.07 bits per heavy atom. The summed E-state index contributed by atoms with van der Waals surface area (Å²) in [6, 6.07) is 0.761. The fraction of sp³-hybridized carbons (Fsp3) is 0.900. The van der Waals surface area contributed by atoms with Crippen LogP contribution in [0.2, 0.25) is 0 Å². The van der Waals surface area contributed by atoms with Crippen molar-refractivity contribution in [2.45, 2.75) is 50.7 Å². The molecular weight excluding hydrogens is 344 g/mol. The second kappa shape index (κ2) is 8.88. The number of piperazine rings is 2. The van der Waals surface area contributed by atoms with Gasteiger partial charge in [0.2, 0.25) is 5.91 Å². The number of rotatable bonds is 4. The molecule has 4 aliphatic rings. The molecule has 1 aliphatic carbocycles. The van der Waals surface area contributed by atoms with E-state index in [-0.39, 0.29) is 17.9 Å². The molecular formula is C20H34N4O3. The van der Waals surface area contributed by atoms with Crippen molar-refractivity contribution in [1.82, 2.24) is 19.6 Å². The summed E-state index contributed by atoms with van der Waals surface area (Å²) in [4.78, 5) is 33.8. The van der Waals surface area contributed by atoms with E-state index >= 15 is 0 Å². The Bertz CT molecular complexity index is 515. The van der Waals surface area contributed by atoms with E-state index in [1.54, 1.807) is 0 Å². The average Bonchev–Trinajstić information content (AvgIpc) is 3.42. The van der Waals surface area contributed by atoms with E-state index in [9.17, 15) is 9.59 Å². The highest BCUT2D eigenvalue weighted by Gasteiger charge is 2.32. The Balaban J connectivity index is 1.17. The minimum Gasteiger partial charge on any atom is -0.368 e. The van der Waals surface area contributed by atoms with Gasteiger partial charge in [-0.1, -0.05) is 12.8 Å². The zero-order chi connectivity index (χ0) is 18.6. The molecule has 3 saturated heterocycles. The average molecular weight is 379 g/mol. The van der Waals surface area contributed by atoms with Crippen molar-refractivity contribution in [2.75, 3.05) is 65.5 Å². The van der Waals surface area contributed by atoms with Crippen LogP contribution in [0.1, 0.15) is 38.5 Å². The Morgan fingerprint density at radius 2 is 1.44 bits per heavy atom. The lowest BCUT2D eigenvalue weighted by atomic mass is 10.1. The standard InChI is InChI=1S/C20H34N4O3/c25-19(23-13-11-22(12-14-23)17-4-1-2-5-17)16-21-7-9-24(10-8-21)20(26)18-6-3-15-27-18/h17-18H,1-16H2. The second-order valence-electron chi connectivity index (χ2n) is 8.46. The largest absolute Gasteiger partial charge is 0.368 e. The van der Waals surface area contributed by atoms with Crippen LogP contribution in [0, 0.1) is 0 Å². The van der Waals surface area contributed by atoms with Gasteiger partial charge in [0.1, 0.15) is 6.10 Å². The third kappa shape index (κ3) is 4.63. The molecule has 27 heavy (non-hydrogen) atoms. The highest BCUT2D eigenvalue weighted by atomic mass is 16.5. The van der Waals surface area contributed by atoms with Crippen LogP contribution in [0.3, 0.4) is 0 Å². The Labute approximate surface area is 162 Å². The minimum absolute atomic E-state index is 0.140. The molecule has 0 N–H and O–H groups in total. The molecule has 0 aromatic carbocycles. The summed E-state index contributed by atoms with van der Waals surface area (Å²) in [6.45, 7) is 7.98. The van der Waals surface area contributed by atoms with Crippen molar-refractivity contribution in [2.24, 2.45) is 0 Å². The van der Waals surface area contributed by atoms with E-state index in [1.807, 2.05) is 9.80 Å². The van der Waals surface area contributed by atoms with Gasteiger partial charge in [-0.2, -0.15) is 0 Å². The van der Waals surface area contributed by atoms with Crippen LogP contribution in [0.25, 0.3) is 0 Å². The van der Waals surface area contributed by atoms with Crippen molar-refractivity contribution >= 4 is 11.8 Å². The van der Waals surface area contributed by atoms with Gasteiger partial charge in [-0.3, -0.25) is 19.4 Å². The zero-order valence-corrected chi connectivity index (χ0v) is 16.5. The lowest BCUT2D eigenvalue weighted by Crippen LogP contribution is -2.56. The van der Waals surface area contributed by atoms with Gasteiger partial charge >= 0.3 is 0 Å².